The number of hydrogen-bond donors (Lipinski definition) is 2. The number of rotatable bonds is 2. The van der Waals surface area contributed by atoms with Crippen LogP contribution >= 0.6 is 0 Å². The number of hydrogen-bond acceptors (Lipinski definition) is 3. The highest BCUT2D eigenvalue weighted by Crippen LogP contribution is 2.51. The van der Waals surface area contributed by atoms with Crippen LogP contribution in [0.1, 0.15) is 23.2 Å². The van der Waals surface area contributed by atoms with Crippen molar-refractivity contribution in [3.05, 3.63) is 65.1 Å². The Bertz CT molecular complexity index is 1060. The number of ether oxygens (including phenoxy) is 1. The maximum absolute atomic E-state index is 14.6. The monoisotopic (exact) mass is 380 g/mol. The van der Waals surface area contributed by atoms with Crippen LogP contribution in [0.2, 0.25) is 0 Å². The summed E-state index contributed by atoms with van der Waals surface area (Å²) < 4.78 is 20.1. The zero-order chi connectivity index (χ0) is 19.5. The van der Waals surface area contributed by atoms with Gasteiger partial charge in [0.25, 0.3) is 0 Å². The van der Waals surface area contributed by atoms with Gasteiger partial charge >= 0.3 is 0 Å². The average Bonchev–Trinajstić information content (AvgIpc) is 3.03. The van der Waals surface area contributed by atoms with Crippen molar-refractivity contribution in [2.45, 2.75) is 30.3 Å². The first-order valence-corrected chi connectivity index (χ1v) is 9.79. The van der Waals surface area contributed by atoms with E-state index in [9.17, 15) is 9.50 Å². The van der Waals surface area contributed by atoms with E-state index in [4.69, 9.17) is 4.74 Å². The normalized spacial score (nSPS) is 27.4. The van der Waals surface area contributed by atoms with E-state index >= 15 is 0 Å². The van der Waals surface area contributed by atoms with Crippen LogP contribution in [-0.2, 0) is 18.3 Å². The molecule has 3 aromatic rings. The summed E-state index contributed by atoms with van der Waals surface area (Å²) in [6, 6.07) is 13.2. The molecule has 28 heavy (non-hydrogen) atoms. The molecule has 1 aliphatic heterocycles. The van der Waals surface area contributed by atoms with Gasteiger partial charge in [0.05, 0.1) is 12.7 Å². The lowest BCUT2D eigenvalue weighted by molar-refractivity contribution is -0.0972. The highest BCUT2D eigenvalue weighted by Gasteiger charge is 2.57. The molecule has 0 radical (unpaired) electrons. The number of β-amino-alcohol motifs (C(OH)–C–C–N with tert-alkyl or cyclic N) is 1. The fourth-order valence-corrected chi connectivity index (χ4v) is 5.47. The number of H-pyrrole nitrogens is 1. The Hall–Kier alpha value is -2.37. The van der Waals surface area contributed by atoms with E-state index in [1.54, 1.807) is 13.2 Å². The van der Waals surface area contributed by atoms with E-state index in [1.165, 1.54) is 6.07 Å². The molecule has 0 amide bonds. The SMILES string of the molecule is COc1cccc(C23CCN(C)CC2(O)Cc2c([nH]c4cccc(F)c24)C3)c1. The topological polar surface area (TPSA) is 48.5 Å². The number of aromatic nitrogens is 1. The summed E-state index contributed by atoms with van der Waals surface area (Å²) in [6.45, 7) is 1.47. The highest BCUT2D eigenvalue weighted by atomic mass is 19.1. The van der Waals surface area contributed by atoms with Gasteiger partial charge in [-0.25, -0.2) is 4.39 Å². The van der Waals surface area contributed by atoms with Gasteiger partial charge in [0.15, 0.2) is 0 Å². The first kappa shape index (κ1) is 17.7. The molecule has 1 aliphatic carbocycles. The van der Waals surface area contributed by atoms with Gasteiger partial charge in [0, 0.05) is 41.4 Å². The predicted molar refractivity (Wildman–Crippen MR) is 107 cm³/mol. The maximum Gasteiger partial charge on any atom is 0.132 e. The summed E-state index contributed by atoms with van der Waals surface area (Å²) in [7, 11) is 3.70. The largest absolute Gasteiger partial charge is 0.497 e. The average molecular weight is 380 g/mol. The van der Waals surface area contributed by atoms with Gasteiger partial charge in [-0.3, -0.25) is 0 Å². The number of likely N-dealkylation sites (tertiary alicyclic amines) is 1. The number of methoxy groups -OCH3 is 1. The Balaban J connectivity index is 1.73. The number of nitrogens with zero attached hydrogens (tertiary/aromatic N) is 1. The summed E-state index contributed by atoms with van der Waals surface area (Å²) in [5.41, 5.74) is 2.45. The second kappa shape index (κ2) is 6.06. The van der Waals surface area contributed by atoms with Gasteiger partial charge in [-0.15, -0.1) is 0 Å². The van der Waals surface area contributed by atoms with Crippen molar-refractivity contribution < 1.29 is 14.2 Å². The number of piperidine rings is 1. The van der Waals surface area contributed by atoms with Crippen molar-refractivity contribution in [1.82, 2.24) is 9.88 Å². The first-order valence-electron chi connectivity index (χ1n) is 9.79. The summed E-state index contributed by atoms with van der Waals surface area (Å²) in [6.07, 6.45) is 1.93. The number of aliphatic hydroxyl groups is 1. The first-order chi connectivity index (χ1) is 13.5. The van der Waals surface area contributed by atoms with Crippen LogP contribution in [0.25, 0.3) is 10.9 Å². The van der Waals surface area contributed by atoms with Crippen molar-refractivity contribution in [1.29, 1.82) is 0 Å². The summed E-state index contributed by atoms with van der Waals surface area (Å²) >= 11 is 0. The van der Waals surface area contributed by atoms with Gasteiger partial charge in [-0.1, -0.05) is 18.2 Å². The van der Waals surface area contributed by atoms with E-state index in [1.807, 2.05) is 31.3 Å². The lowest BCUT2D eigenvalue weighted by Gasteiger charge is -2.55. The van der Waals surface area contributed by atoms with Gasteiger partial charge in [-0.05, 0) is 55.4 Å². The molecule has 2 aromatic carbocycles. The third-order valence-corrected chi connectivity index (χ3v) is 6.88. The van der Waals surface area contributed by atoms with E-state index in [0.717, 1.165) is 41.1 Å². The molecule has 5 heteroatoms. The van der Waals surface area contributed by atoms with E-state index in [-0.39, 0.29) is 5.82 Å². The zero-order valence-corrected chi connectivity index (χ0v) is 16.3. The molecule has 5 rings (SSSR count). The number of aromatic amines is 1. The predicted octanol–water partition coefficient (Wildman–Crippen LogP) is 3.42. The molecule has 2 heterocycles. The Morgan fingerprint density at radius 3 is 2.82 bits per heavy atom. The van der Waals surface area contributed by atoms with Crippen molar-refractivity contribution in [3.8, 4) is 5.75 Å². The third-order valence-electron chi connectivity index (χ3n) is 6.88. The molecule has 0 spiro atoms. The second-order valence-corrected chi connectivity index (χ2v) is 8.43. The maximum atomic E-state index is 14.6. The minimum Gasteiger partial charge on any atom is -0.497 e. The van der Waals surface area contributed by atoms with E-state index in [2.05, 4.69) is 16.0 Å². The second-order valence-electron chi connectivity index (χ2n) is 8.43. The molecule has 1 aromatic heterocycles. The zero-order valence-electron chi connectivity index (χ0n) is 16.3. The molecular formula is C23H25FN2O2. The van der Waals surface area contributed by atoms with E-state index < -0.39 is 11.0 Å². The molecule has 1 fully saturated rings. The van der Waals surface area contributed by atoms with Crippen LogP contribution in [-0.4, -0.2) is 47.8 Å². The standard InChI is InChI=1S/C23H25FN2O2/c1-26-10-9-22(15-5-3-6-16(11-15)28-2)13-20-17(12-23(22,27)14-26)21-18(24)7-4-8-19(21)25-20/h3-8,11,25,27H,9-10,12-14H2,1-2H3. The number of benzene rings is 2. The van der Waals surface area contributed by atoms with Crippen molar-refractivity contribution in [2.24, 2.45) is 0 Å². The molecule has 1 saturated heterocycles. The quantitative estimate of drug-likeness (QED) is 0.716. The molecule has 2 aliphatic rings. The van der Waals surface area contributed by atoms with Crippen molar-refractivity contribution in [3.63, 3.8) is 0 Å². The minimum atomic E-state index is -0.975. The third kappa shape index (κ3) is 2.36. The minimum absolute atomic E-state index is 0.225. The Morgan fingerprint density at radius 2 is 2.00 bits per heavy atom. The van der Waals surface area contributed by atoms with Crippen molar-refractivity contribution in [2.75, 3.05) is 27.2 Å². The number of fused-ring (bicyclic) bond motifs is 4. The fraction of sp³-hybridized carbons (Fsp3) is 0.391. The summed E-state index contributed by atoms with van der Waals surface area (Å²) in [5.74, 6) is 0.568. The Morgan fingerprint density at radius 1 is 1.18 bits per heavy atom. The van der Waals surface area contributed by atoms with Crippen LogP contribution < -0.4 is 4.74 Å². The smallest absolute Gasteiger partial charge is 0.132 e. The highest BCUT2D eigenvalue weighted by molar-refractivity contribution is 5.86. The van der Waals surface area contributed by atoms with Gasteiger partial charge in [0.2, 0.25) is 0 Å². The lowest BCUT2D eigenvalue weighted by atomic mass is 9.56. The molecule has 146 valence electrons. The van der Waals surface area contributed by atoms with E-state index in [0.29, 0.717) is 24.8 Å². The Kier molecular flexibility index (Phi) is 3.83. The Labute approximate surface area is 163 Å². The summed E-state index contributed by atoms with van der Waals surface area (Å²) in [4.78, 5) is 5.62. The van der Waals surface area contributed by atoms with Gasteiger partial charge in [-0.2, -0.15) is 0 Å². The molecule has 0 saturated carbocycles. The van der Waals surface area contributed by atoms with Crippen LogP contribution in [0.4, 0.5) is 4.39 Å². The van der Waals surface area contributed by atoms with Crippen LogP contribution in [0.15, 0.2) is 42.5 Å². The van der Waals surface area contributed by atoms with Crippen LogP contribution in [0, 0.1) is 5.82 Å². The fourth-order valence-electron chi connectivity index (χ4n) is 5.47. The lowest BCUT2D eigenvalue weighted by Crippen LogP contribution is -2.65. The van der Waals surface area contributed by atoms with Crippen molar-refractivity contribution >= 4 is 10.9 Å². The molecular weight excluding hydrogens is 355 g/mol. The number of halogens is 1. The van der Waals surface area contributed by atoms with Crippen LogP contribution in [0.5, 0.6) is 5.75 Å². The van der Waals surface area contributed by atoms with Gasteiger partial charge < -0.3 is 19.7 Å². The number of nitrogens with one attached hydrogen (secondary N) is 1. The molecule has 4 nitrogen and oxygen atoms in total. The van der Waals surface area contributed by atoms with Gasteiger partial charge in [0.1, 0.15) is 11.6 Å². The van der Waals surface area contributed by atoms with Crippen LogP contribution in [0.3, 0.4) is 0 Å². The molecule has 2 N–H and O–H groups in total. The molecule has 2 atom stereocenters. The molecule has 2 unspecified atom stereocenters. The molecule has 0 bridgehead atoms. The summed E-state index contributed by atoms with van der Waals surface area (Å²) in [5, 5.41) is 12.6. The number of likely N-dealkylation sites (N-methyl/N-ethyl adjacent to an activating group) is 1.